The van der Waals surface area contributed by atoms with Gasteiger partial charge >= 0.3 is 5.97 Å². The first kappa shape index (κ1) is 21.7. The molecule has 0 saturated heterocycles. The molecule has 2 aromatic rings. The fraction of sp³-hybridized carbons (Fsp3) is 0.500. The first-order valence-electron chi connectivity index (χ1n) is 11.7. The van der Waals surface area contributed by atoms with Crippen molar-refractivity contribution in [2.45, 2.75) is 70.4 Å². The minimum absolute atomic E-state index is 0.126. The van der Waals surface area contributed by atoms with Crippen LogP contribution in [0.5, 0.6) is 0 Å². The quantitative estimate of drug-likeness (QED) is 0.589. The number of nitrogens with zero attached hydrogens (tertiary/aromatic N) is 2. The van der Waals surface area contributed by atoms with Gasteiger partial charge in [0.1, 0.15) is 0 Å². The Balaban J connectivity index is 1.18. The summed E-state index contributed by atoms with van der Waals surface area (Å²) in [4.78, 5) is 18.7. The molecule has 5 heteroatoms. The van der Waals surface area contributed by atoms with E-state index in [1.807, 2.05) is 0 Å². The van der Waals surface area contributed by atoms with Crippen LogP contribution in [0.15, 0.2) is 48.3 Å². The number of hydrogen-bond acceptors (Lipinski definition) is 4. The van der Waals surface area contributed by atoms with Gasteiger partial charge < -0.3 is 10.4 Å². The van der Waals surface area contributed by atoms with Crippen molar-refractivity contribution in [3.63, 3.8) is 0 Å². The topological polar surface area (TPSA) is 75.1 Å². The predicted molar refractivity (Wildman–Crippen MR) is 123 cm³/mol. The third-order valence-electron chi connectivity index (χ3n) is 6.86. The molecule has 2 atom stereocenters. The van der Waals surface area contributed by atoms with Crippen LogP contribution in [0.2, 0.25) is 0 Å². The van der Waals surface area contributed by atoms with Crippen molar-refractivity contribution in [2.24, 2.45) is 11.8 Å². The lowest BCUT2D eigenvalue weighted by atomic mass is 9.83. The fourth-order valence-corrected chi connectivity index (χ4v) is 4.91. The van der Waals surface area contributed by atoms with Crippen LogP contribution >= 0.6 is 0 Å². The van der Waals surface area contributed by atoms with Crippen molar-refractivity contribution >= 4 is 12.0 Å². The van der Waals surface area contributed by atoms with E-state index in [0.717, 1.165) is 30.7 Å². The minimum atomic E-state index is -1.07. The normalized spacial score (nSPS) is 25.9. The van der Waals surface area contributed by atoms with Crippen molar-refractivity contribution in [1.82, 2.24) is 15.3 Å². The average molecular weight is 420 g/mol. The van der Waals surface area contributed by atoms with Gasteiger partial charge in [-0.15, -0.1) is 0 Å². The van der Waals surface area contributed by atoms with Crippen molar-refractivity contribution in [1.29, 1.82) is 0 Å². The molecule has 164 valence electrons. The maximum absolute atomic E-state index is 10.9. The van der Waals surface area contributed by atoms with Crippen LogP contribution in [0.25, 0.3) is 6.08 Å². The summed E-state index contributed by atoms with van der Waals surface area (Å²) < 4.78 is 0. The molecule has 4 rings (SSSR count). The maximum atomic E-state index is 10.9. The third-order valence-corrected chi connectivity index (χ3v) is 6.86. The van der Waals surface area contributed by atoms with Crippen LogP contribution in [0.3, 0.4) is 0 Å². The molecule has 31 heavy (non-hydrogen) atoms. The van der Waals surface area contributed by atoms with Gasteiger partial charge in [0.25, 0.3) is 0 Å². The van der Waals surface area contributed by atoms with Crippen LogP contribution < -0.4 is 5.32 Å². The Labute approximate surface area is 185 Å². The van der Waals surface area contributed by atoms with Crippen LogP contribution in [0.1, 0.15) is 73.6 Å². The van der Waals surface area contributed by atoms with Gasteiger partial charge in [-0.1, -0.05) is 48.9 Å². The minimum Gasteiger partial charge on any atom is -0.475 e. The molecule has 2 N–H and O–H groups in total. The highest BCUT2D eigenvalue weighted by molar-refractivity contribution is 5.82. The Kier molecular flexibility index (Phi) is 7.13. The van der Waals surface area contributed by atoms with E-state index < -0.39 is 5.97 Å². The van der Waals surface area contributed by atoms with Crippen LogP contribution in [-0.2, 0) is 6.42 Å². The summed E-state index contributed by atoms with van der Waals surface area (Å²) >= 11 is 0. The van der Waals surface area contributed by atoms with Gasteiger partial charge in [-0.05, 0) is 74.3 Å². The largest absolute Gasteiger partial charge is 0.475 e. The number of rotatable bonds is 9. The number of aryl methyl sites for hydroxylation is 1. The van der Waals surface area contributed by atoms with Gasteiger partial charge in [0.05, 0.1) is 0 Å². The molecule has 2 aliphatic carbocycles. The lowest BCUT2D eigenvalue weighted by molar-refractivity contribution is 0.0683. The zero-order valence-electron chi connectivity index (χ0n) is 18.3. The number of benzene rings is 1. The Morgan fingerprint density at radius 3 is 2.48 bits per heavy atom. The second-order valence-corrected chi connectivity index (χ2v) is 9.08. The highest BCUT2D eigenvalue weighted by Crippen LogP contribution is 2.41. The average Bonchev–Trinajstić information content (AvgIpc) is 3.56. The molecule has 1 aromatic heterocycles. The molecule has 5 nitrogen and oxygen atoms in total. The predicted octanol–water partition coefficient (Wildman–Crippen LogP) is 5.14. The Morgan fingerprint density at radius 2 is 1.84 bits per heavy atom. The number of nitrogens with one attached hydrogen (secondary N) is 1. The Hall–Kier alpha value is -2.53. The number of aromatic nitrogens is 2. The summed E-state index contributed by atoms with van der Waals surface area (Å²) in [6.45, 7) is 2.27. The lowest BCUT2D eigenvalue weighted by Crippen LogP contribution is -2.35. The molecule has 0 spiro atoms. The van der Waals surface area contributed by atoms with Gasteiger partial charge in [0.2, 0.25) is 5.82 Å². The summed E-state index contributed by atoms with van der Waals surface area (Å²) in [5.74, 6) is 0.253. The summed E-state index contributed by atoms with van der Waals surface area (Å²) in [6.07, 6.45) is 15.2. The van der Waals surface area contributed by atoms with Crippen LogP contribution in [0, 0.1) is 11.8 Å². The van der Waals surface area contributed by atoms with E-state index in [0.29, 0.717) is 18.0 Å². The monoisotopic (exact) mass is 419 g/mol. The highest BCUT2D eigenvalue weighted by Gasteiger charge is 2.40. The van der Waals surface area contributed by atoms with Crippen LogP contribution in [0.4, 0.5) is 0 Å². The SMILES string of the molecule is CC/C(=C\c1ccccc1)[C@@H]1C[C@H]1NC1CCC(CCc2cnc(C(=O)O)nc2)CC1. The van der Waals surface area contributed by atoms with E-state index in [4.69, 9.17) is 5.11 Å². The molecular weight excluding hydrogens is 386 g/mol. The second-order valence-electron chi connectivity index (χ2n) is 9.08. The Morgan fingerprint density at radius 1 is 1.13 bits per heavy atom. The number of carboxylic acids is 1. The maximum Gasteiger partial charge on any atom is 0.373 e. The van der Waals surface area contributed by atoms with Gasteiger partial charge in [-0.2, -0.15) is 0 Å². The first-order chi connectivity index (χ1) is 15.1. The third kappa shape index (κ3) is 6.01. The van der Waals surface area contributed by atoms with E-state index >= 15 is 0 Å². The summed E-state index contributed by atoms with van der Waals surface area (Å²) in [6, 6.07) is 12.0. The lowest BCUT2D eigenvalue weighted by Gasteiger charge is -2.29. The molecule has 2 aliphatic rings. The number of hydrogen-bond donors (Lipinski definition) is 2. The first-order valence-corrected chi connectivity index (χ1v) is 11.7. The zero-order chi connectivity index (χ0) is 21.6. The van der Waals surface area contributed by atoms with Crippen molar-refractivity contribution in [3.05, 3.63) is 65.2 Å². The van der Waals surface area contributed by atoms with E-state index in [2.05, 4.69) is 58.6 Å². The van der Waals surface area contributed by atoms with E-state index in [9.17, 15) is 4.79 Å². The molecule has 0 radical (unpaired) electrons. The smallest absolute Gasteiger partial charge is 0.373 e. The van der Waals surface area contributed by atoms with E-state index in [1.165, 1.54) is 37.7 Å². The van der Waals surface area contributed by atoms with Gasteiger partial charge in [-0.3, -0.25) is 0 Å². The van der Waals surface area contributed by atoms with Crippen molar-refractivity contribution in [2.75, 3.05) is 0 Å². The Bertz CT molecular complexity index is 887. The number of aromatic carboxylic acids is 1. The van der Waals surface area contributed by atoms with E-state index in [-0.39, 0.29) is 5.82 Å². The van der Waals surface area contributed by atoms with E-state index in [1.54, 1.807) is 18.0 Å². The number of carboxylic acid groups (broad SMARTS) is 1. The fourth-order valence-electron chi connectivity index (χ4n) is 4.91. The molecule has 1 heterocycles. The summed E-state index contributed by atoms with van der Waals surface area (Å²) in [7, 11) is 0. The zero-order valence-corrected chi connectivity index (χ0v) is 18.3. The van der Waals surface area contributed by atoms with Gasteiger partial charge in [0, 0.05) is 24.5 Å². The van der Waals surface area contributed by atoms with Crippen LogP contribution in [-0.4, -0.2) is 33.1 Å². The van der Waals surface area contributed by atoms with Gasteiger partial charge in [0.15, 0.2) is 0 Å². The standard InChI is InChI=1S/C26H33N3O2/c1-2-21(14-19-6-4-3-5-7-19)23-15-24(23)29-22-12-10-18(11-13-22)8-9-20-16-27-25(26(30)31)28-17-20/h3-7,14,16-18,22-24,29H,2,8-13,15H2,1H3,(H,30,31)/b21-14+/t18?,22?,23-,24+/m0/s1. The van der Waals surface area contributed by atoms with Crippen molar-refractivity contribution in [3.8, 4) is 0 Å². The second kappa shape index (κ2) is 10.2. The molecule has 1 aromatic carbocycles. The summed E-state index contributed by atoms with van der Waals surface area (Å²) in [5, 5.41) is 12.8. The molecule has 0 aliphatic heterocycles. The van der Waals surface area contributed by atoms with Gasteiger partial charge in [-0.25, -0.2) is 14.8 Å². The number of carbonyl (C=O) groups is 1. The molecular formula is C26H33N3O2. The molecule has 0 bridgehead atoms. The highest BCUT2D eigenvalue weighted by atomic mass is 16.4. The summed E-state index contributed by atoms with van der Waals surface area (Å²) in [5.41, 5.74) is 3.92. The molecule has 0 unspecified atom stereocenters. The molecule has 2 saturated carbocycles. The molecule has 2 fully saturated rings. The van der Waals surface area contributed by atoms with Crippen molar-refractivity contribution < 1.29 is 9.90 Å². The molecule has 0 amide bonds.